The van der Waals surface area contributed by atoms with Crippen LogP contribution in [0.4, 0.5) is 19.0 Å². The van der Waals surface area contributed by atoms with Crippen LogP contribution in [0.3, 0.4) is 0 Å². The predicted molar refractivity (Wildman–Crippen MR) is 154 cm³/mol. The number of hydrogen-bond donors (Lipinski definition) is 0. The molecule has 1 saturated heterocycles. The Balaban J connectivity index is 1.89. The van der Waals surface area contributed by atoms with Gasteiger partial charge in [-0.1, -0.05) is 12.6 Å². The number of piperazine rings is 1. The maximum absolute atomic E-state index is 15.8. The Bertz CT molecular complexity index is 1950. The molecule has 0 aliphatic carbocycles. The number of anilines is 1. The van der Waals surface area contributed by atoms with Crippen molar-refractivity contribution in [2.45, 2.75) is 37.9 Å². The number of rotatable bonds is 5. The van der Waals surface area contributed by atoms with E-state index in [1.807, 2.05) is 0 Å². The van der Waals surface area contributed by atoms with Crippen molar-refractivity contribution in [1.82, 2.24) is 24.4 Å². The van der Waals surface area contributed by atoms with Gasteiger partial charge in [0.05, 0.1) is 16.6 Å². The average molecular weight is 613 g/mol. The third-order valence-corrected chi connectivity index (χ3v) is 8.32. The van der Waals surface area contributed by atoms with Gasteiger partial charge >= 0.3 is 5.69 Å². The molecular weight excluding hydrogens is 585 g/mol. The van der Waals surface area contributed by atoms with Gasteiger partial charge in [-0.2, -0.15) is 4.98 Å². The van der Waals surface area contributed by atoms with Crippen LogP contribution >= 0.6 is 0 Å². The molecule has 1 aromatic carbocycles. The fourth-order valence-electron chi connectivity index (χ4n) is 5.52. The average Bonchev–Trinajstić information content (AvgIpc) is 2.92. The lowest BCUT2D eigenvalue weighted by molar-refractivity contribution is -0.127. The van der Waals surface area contributed by atoms with Crippen LogP contribution in [0.15, 0.2) is 59.0 Å². The molecular formula is C29H27F3N6O4S. The number of nitrogens with zero attached hydrogens (tertiary/aromatic N) is 6. The summed E-state index contributed by atoms with van der Waals surface area (Å²) in [5, 5.41) is -0.490. The Morgan fingerprint density at radius 1 is 1.05 bits per heavy atom. The first-order valence-electron chi connectivity index (χ1n) is 13.2. The standard InChI is InChI=1S/C29H27F3N6O4S/c1-6-22(39)36-13-16(3)37(17(4)14-36)27-18-12-21(32)24(23-19(30)8-7-9-20(23)31)34-26(18)38(29(40)35-27)25-15(2)10-11-33-28(25)43(5,41)42/h6-12,16-17H,1,13-14H2,2-5H3/t16-,17-/m0/s1. The molecule has 43 heavy (non-hydrogen) atoms. The van der Waals surface area contributed by atoms with Gasteiger partial charge in [-0.05, 0) is 56.7 Å². The monoisotopic (exact) mass is 612 g/mol. The first kappa shape index (κ1) is 29.9. The van der Waals surface area contributed by atoms with Crippen molar-refractivity contribution in [3.05, 3.63) is 82.7 Å². The molecule has 4 heterocycles. The van der Waals surface area contributed by atoms with E-state index >= 15 is 4.39 Å². The summed E-state index contributed by atoms with van der Waals surface area (Å²) in [5.74, 6) is -3.55. The molecule has 1 amide bonds. The van der Waals surface area contributed by atoms with E-state index in [0.29, 0.717) is 5.56 Å². The molecule has 0 radical (unpaired) electrons. The van der Waals surface area contributed by atoms with Crippen LogP contribution in [-0.2, 0) is 14.6 Å². The zero-order valence-electron chi connectivity index (χ0n) is 23.7. The number of amides is 1. The first-order chi connectivity index (χ1) is 20.2. The van der Waals surface area contributed by atoms with Gasteiger partial charge in [-0.15, -0.1) is 0 Å². The number of pyridine rings is 2. The smallest absolute Gasteiger partial charge is 0.347 e. The third-order valence-electron chi connectivity index (χ3n) is 7.32. The number of aryl methyl sites for hydroxylation is 1. The topological polar surface area (TPSA) is 118 Å². The van der Waals surface area contributed by atoms with Crippen molar-refractivity contribution < 1.29 is 26.4 Å². The highest BCUT2D eigenvalue weighted by Crippen LogP contribution is 2.35. The van der Waals surface area contributed by atoms with E-state index in [9.17, 15) is 26.8 Å². The molecule has 0 spiro atoms. The summed E-state index contributed by atoms with van der Waals surface area (Å²) in [4.78, 5) is 42.0. The third kappa shape index (κ3) is 5.15. The number of hydrogen-bond acceptors (Lipinski definition) is 8. The Morgan fingerprint density at radius 2 is 1.67 bits per heavy atom. The molecule has 5 rings (SSSR count). The number of halogens is 3. The van der Waals surface area contributed by atoms with Crippen LogP contribution in [-0.4, -0.2) is 70.2 Å². The zero-order valence-corrected chi connectivity index (χ0v) is 24.5. The van der Waals surface area contributed by atoms with Crippen molar-refractivity contribution in [2.24, 2.45) is 0 Å². The van der Waals surface area contributed by atoms with Crippen LogP contribution in [0.5, 0.6) is 0 Å². The van der Waals surface area contributed by atoms with Crippen molar-refractivity contribution in [2.75, 3.05) is 24.2 Å². The zero-order chi connectivity index (χ0) is 31.4. The number of carbonyl (C=O) groups is 1. The molecule has 10 nitrogen and oxygen atoms in total. The predicted octanol–water partition coefficient (Wildman–Crippen LogP) is 3.58. The number of carbonyl (C=O) groups excluding carboxylic acids is 1. The van der Waals surface area contributed by atoms with Crippen LogP contribution in [0, 0.1) is 24.4 Å². The minimum atomic E-state index is -4.01. The van der Waals surface area contributed by atoms with Crippen LogP contribution in [0.25, 0.3) is 28.0 Å². The minimum absolute atomic E-state index is 0.0105. The second-order valence-electron chi connectivity index (χ2n) is 10.4. The maximum atomic E-state index is 15.8. The summed E-state index contributed by atoms with van der Waals surface area (Å²) in [6.07, 6.45) is 3.36. The van der Waals surface area contributed by atoms with Gasteiger partial charge in [0.15, 0.2) is 26.3 Å². The molecule has 0 N–H and O–H groups in total. The summed E-state index contributed by atoms with van der Waals surface area (Å²) in [6.45, 7) is 9.11. The van der Waals surface area contributed by atoms with Gasteiger partial charge in [-0.25, -0.2) is 40.9 Å². The van der Waals surface area contributed by atoms with E-state index in [0.717, 1.165) is 35.1 Å². The number of aromatic nitrogens is 4. The normalized spacial score (nSPS) is 17.4. The molecule has 0 saturated carbocycles. The number of benzene rings is 1. The largest absolute Gasteiger partial charge is 0.355 e. The van der Waals surface area contributed by atoms with Gasteiger partial charge in [-0.3, -0.25) is 4.79 Å². The molecule has 2 atom stereocenters. The lowest BCUT2D eigenvalue weighted by Crippen LogP contribution is -2.58. The Kier molecular flexibility index (Phi) is 7.59. The maximum Gasteiger partial charge on any atom is 0.355 e. The van der Waals surface area contributed by atoms with E-state index in [-0.39, 0.29) is 41.5 Å². The van der Waals surface area contributed by atoms with Crippen molar-refractivity contribution in [3.8, 4) is 16.9 Å². The Hall–Kier alpha value is -4.59. The molecule has 1 aliphatic rings. The van der Waals surface area contributed by atoms with Crippen molar-refractivity contribution >= 4 is 32.6 Å². The minimum Gasteiger partial charge on any atom is -0.347 e. The van der Waals surface area contributed by atoms with Crippen LogP contribution in [0.2, 0.25) is 0 Å². The summed E-state index contributed by atoms with van der Waals surface area (Å²) in [7, 11) is -4.01. The van der Waals surface area contributed by atoms with Crippen molar-refractivity contribution in [1.29, 1.82) is 0 Å². The van der Waals surface area contributed by atoms with Gasteiger partial charge in [0, 0.05) is 37.6 Å². The quantitative estimate of drug-likeness (QED) is 0.314. The van der Waals surface area contributed by atoms with E-state index in [1.54, 1.807) is 30.6 Å². The first-order valence-corrected chi connectivity index (χ1v) is 15.1. The van der Waals surface area contributed by atoms with Crippen LogP contribution in [0.1, 0.15) is 19.4 Å². The Morgan fingerprint density at radius 3 is 2.26 bits per heavy atom. The summed E-state index contributed by atoms with van der Waals surface area (Å²) in [6, 6.07) is 4.59. The second kappa shape index (κ2) is 10.9. The molecule has 0 bridgehead atoms. The van der Waals surface area contributed by atoms with Crippen LogP contribution < -0.4 is 10.6 Å². The lowest BCUT2D eigenvalue weighted by atomic mass is 10.1. The Labute approximate surface area is 245 Å². The molecule has 224 valence electrons. The highest BCUT2D eigenvalue weighted by atomic mass is 32.2. The summed E-state index contributed by atoms with van der Waals surface area (Å²) < 4.78 is 71.8. The van der Waals surface area contributed by atoms with Gasteiger partial charge in [0.2, 0.25) is 5.91 Å². The summed E-state index contributed by atoms with van der Waals surface area (Å²) >= 11 is 0. The fraction of sp³-hybridized carbons (Fsp3) is 0.276. The SMILES string of the molecule is C=CC(=O)N1C[C@H](C)N(c2nc(=O)n(-c3c(C)ccnc3S(C)(=O)=O)c3nc(-c4c(F)cccc4F)c(F)cc23)[C@@H](C)C1. The molecule has 4 aromatic rings. The molecule has 1 aliphatic heterocycles. The van der Waals surface area contributed by atoms with E-state index in [2.05, 4.69) is 21.5 Å². The number of sulfone groups is 1. The molecule has 1 fully saturated rings. The molecule has 3 aromatic heterocycles. The van der Waals surface area contributed by atoms with E-state index < -0.39 is 61.3 Å². The van der Waals surface area contributed by atoms with Crippen molar-refractivity contribution in [3.63, 3.8) is 0 Å². The van der Waals surface area contributed by atoms with Gasteiger partial charge in [0.1, 0.15) is 23.1 Å². The van der Waals surface area contributed by atoms with Gasteiger partial charge in [0.25, 0.3) is 0 Å². The number of fused-ring (bicyclic) bond motifs is 1. The van der Waals surface area contributed by atoms with E-state index in [4.69, 9.17) is 0 Å². The highest BCUT2D eigenvalue weighted by molar-refractivity contribution is 7.90. The lowest BCUT2D eigenvalue weighted by Gasteiger charge is -2.45. The second-order valence-corrected chi connectivity index (χ2v) is 12.4. The fourth-order valence-corrected chi connectivity index (χ4v) is 6.38. The van der Waals surface area contributed by atoms with Gasteiger partial charge < -0.3 is 9.80 Å². The molecule has 14 heteroatoms. The highest BCUT2D eigenvalue weighted by Gasteiger charge is 2.35. The summed E-state index contributed by atoms with van der Waals surface area (Å²) in [5.41, 5.74) is -2.63. The van der Waals surface area contributed by atoms with E-state index in [1.165, 1.54) is 18.3 Å². The molecule has 0 unspecified atom stereocenters.